The van der Waals surface area contributed by atoms with E-state index in [9.17, 15) is 37.1 Å². The summed E-state index contributed by atoms with van der Waals surface area (Å²) in [4.78, 5) is 69.7. The number of nitriles is 1. The highest BCUT2D eigenvalue weighted by Crippen LogP contribution is 2.44. The van der Waals surface area contributed by atoms with Crippen molar-refractivity contribution in [2.24, 2.45) is 11.8 Å². The molecule has 3 atom stereocenters. The summed E-state index contributed by atoms with van der Waals surface area (Å²) in [5.74, 6) is -1.34. The lowest BCUT2D eigenvalue weighted by atomic mass is 9.90. The van der Waals surface area contributed by atoms with Crippen LogP contribution in [0.1, 0.15) is 95.7 Å². The molecule has 4 fully saturated rings. The number of alkyl halides is 3. The molecule has 8 rings (SSSR count). The summed E-state index contributed by atoms with van der Waals surface area (Å²) in [5, 5.41) is 18.4. The number of anilines is 2. The Kier molecular flexibility index (Phi) is 9.26. The van der Waals surface area contributed by atoms with E-state index < -0.39 is 58.4 Å². The van der Waals surface area contributed by atoms with E-state index in [1.807, 2.05) is 12.3 Å². The fraction of sp³-hybridized carbons (Fsp3) is 0.475. The molecular formula is C40H41F3N8O5. The Labute approximate surface area is 320 Å². The average molecular weight is 771 g/mol. The minimum atomic E-state index is -4.74. The third-order valence-corrected chi connectivity index (χ3v) is 12.5. The van der Waals surface area contributed by atoms with Gasteiger partial charge in [0, 0.05) is 43.1 Å². The molecular weight excluding hydrogens is 729 g/mol. The maximum absolute atomic E-state index is 13.5. The average Bonchev–Trinajstić information content (AvgIpc) is 3.95. The van der Waals surface area contributed by atoms with E-state index in [4.69, 9.17) is 5.26 Å². The van der Waals surface area contributed by atoms with Crippen molar-refractivity contribution in [3.05, 3.63) is 76.6 Å². The Morgan fingerprint density at radius 1 is 0.946 bits per heavy atom. The van der Waals surface area contributed by atoms with Crippen LogP contribution in [0.3, 0.4) is 0 Å². The SMILES string of the molecule is CC(C)(C(=O)Nc1ccc(C#N)c(C(F)(F)F)c1)n1cc(C2CCN(C3CC4CN(c5ccc6c(c5)C(=O)N(C5CCC(=O)NC5=O)C6=O)CC4C3)CC2)cn1. The smallest absolute Gasteiger partial charge is 0.371 e. The summed E-state index contributed by atoms with van der Waals surface area (Å²) < 4.78 is 42.0. The van der Waals surface area contributed by atoms with Crippen LogP contribution in [0.4, 0.5) is 24.5 Å². The van der Waals surface area contributed by atoms with Crippen LogP contribution in [0.5, 0.6) is 0 Å². The van der Waals surface area contributed by atoms with Gasteiger partial charge in [-0.25, -0.2) is 0 Å². The second-order valence-electron chi connectivity index (χ2n) is 16.1. The number of fused-ring (bicyclic) bond motifs is 2. The third kappa shape index (κ3) is 6.61. The summed E-state index contributed by atoms with van der Waals surface area (Å²) in [6.07, 6.45) is 3.07. The summed E-state index contributed by atoms with van der Waals surface area (Å²) >= 11 is 0. The number of piperidine rings is 2. The lowest BCUT2D eigenvalue weighted by Gasteiger charge is -2.36. The summed E-state index contributed by atoms with van der Waals surface area (Å²) in [6.45, 7) is 6.86. The van der Waals surface area contributed by atoms with Gasteiger partial charge in [-0.05, 0) is 119 Å². The molecule has 0 radical (unpaired) electrons. The highest BCUT2D eigenvalue weighted by molar-refractivity contribution is 6.23. The van der Waals surface area contributed by atoms with Gasteiger partial charge in [0.15, 0.2) is 0 Å². The van der Waals surface area contributed by atoms with Gasteiger partial charge in [-0.2, -0.15) is 23.5 Å². The molecule has 1 aliphatic carbocycles. The second kappa shape index (κ2) is 13.9. The minimum absolute atomic E-state index is 0.0598. The molecule has 0 bridgehead atoms. The first-order chi connectivity index (χ1) is 26.6. The molecule has 56 heavy (non-hydrogen) atoms. The molecule has 3 unspecified atom stereocenters. The summed E-state index contributed by atoms with van der Waals surface area (Å²) in [6, 6.07) is 9.42. The lowest BCUT2D eigenvalue weighted by Crippen LogP contribution is -2.54. The number of nitrogens with zero attached hydrogens (tertiary/aromatic N) is 6. The quantitative estimate of drug-likeness (QED) is 0.326. The highest BCUT2D eigenvalue weighted by Gasteiger charge is 2.47. The number of carbonyl (C=O) groups is 5. The fourth-order valence-corrected chi connectivity index (χ4v) is 9.23. The number of benzene rings is 2. The minimum Gasteiger partial charge on any atom is -0.371 e. The van der Waals surface area contributed by atoms with Crippen molar-refractivity contribution >= 4 is 40.9 Å². The van der Waals surface area contributed by atoms with Gasteiger partial charge in [0.1, 0.15) is 11.6 Å². The Morgan fingerprint density at radius 3 is 2.30 bits per heavy atom. The van der Waals surface area contributed by atoms with Crippen LogP contribution >= 0.6 is 0 Å². The van der Waals surface area contributed by atoms with Crippen molar-refractivity contribution in [1.82, 2.24) is 24.9 Å². The van der Waals surface area contributed by atoms with E-state index in [0.717, 1.165) is 80.1 Å². The number of hydrogen-bond acceptors (Lipinski definition) is 9. The molecule has 4 aliphatic heterocycles. The molecule has 3 saturated heterocycles. The van der Waals surface area contributed by atoms with Crippen molar-refractivity contribution < 1.29 is 37.1 Å². The van der Waals surface area contributed by atoms with Crippen LogP contribution in [0, 0.1) is 23.2 Å². The van der Waals surface area contributed by atoms with Gasteiger partial charge in [-0.3, -0.25) is 38.9 Å². The second-order valence-corrected chi connectivity index (χ2v) is 16.1. The van der Waals surface area contributed by atoms with Crippen LogP contribution in [-0.2, 0) is 26.1 Å². The molecule has 13 nitrogen and oxygen atoms in total. The number of halogens is 3. The number of aromatic nitrogens is 2. The number of imide groups is 2. The maximum Gasteiger partial charge on any atom is 0.417 e. The zero-order valence-electron chi connectivity index (χ0n) is 30.9. The van der Waals surface area contributed by atoms with E-state index in [1.54, 1.807) is 42.9 Å². The fourth-order valence-electron chi connectivity index (χ4n) is 9.23. The van der Waals surface area contributed by atoms with Gasteiger partial charge in [0.25, 0.3) is 17.7 Å². The van der Waals surface area contributed by atoms with Gasteiger partial charge >= 0.3 is 6.18 Å². The highest BCUT2D eigenvalue weighted by atomic mass is 19.4. The lowest BCUT2D eigenvalue weighted by molar-refractivity contribution is -0.138. The van der Waals surface area contributed by atoms with Gasteiger partial charge in [-0.1, -0.05) is 0 Å². The predicted octanol–water partition coefficient (Wildman–Crippen LogP) is 4.64. The first-order valence-corrected chi connectivity index (χ1v) is 18.9. The van der Waals surface area contributed by atoms with Crippen LogP contribution in [0.2, 0.25) is 0 Å². The van der Waals surface area contributed by atoms with Crippen molar-refractivity contribution in [2.75, 3.05) is 36.4 Å². The number of hydrogen-bond donors (Lipinski definition) is 2. The largest absolute Gasteiger partial charge is 0.417 e. The first kappa shape index (κ1) is 37.4. The van der Waals surface area contributed by atoms with Gasteiger partial charge in [-0.15, -0.1) is 0 Å². The molecule has 1 aromatic heterocycles. The Morgan fingerprint density at radius 2 is 1.64 bits per heavy atom. The maximum atomic E-state index is 13.5. The van der Waals surface area contributed by atoms with E-state index in [2.05, 4.69) is 25.5 Å². The number of carbonyl (C=O) groups excluding carboxylic acids is 5. The van der Waals surface area contributed by atoms with Crippen LogP contribution < -0.4 is 15.5 Å². The van der Waals surface area contributed by atoms with E-state index >= 15 is 0 Å². The Balaban J connectivity index is 0.839. The number of amides is 5. The molecule has 5 amide bonds. The number of nitrogens with one attached hydrogen (secondary N) is 2. The monoisotopic (exact) mass is 770 g/mol. The zero-order chi connectivity index (χ0) is 39.7. The van der Waals surface area contributed by atoms with Crippen LogP contribution in [0.25, 0.3) is 0 Å². The van der Waals surface area contributed by atoms with Gasteiger partial charge in [0.2, 0.25) is 11.8 Å². The van der Waals surface area contributed by atoms with E-state index in [-0.39, 0.29) is 30.0 Å². The Bertz CT molecular complexity index is 2170. The van der Waals surface area contributed by atoms with E-state index in [1.165, 1.54) is 6.07 Å². The molecule has 0 spiro atoms. The molecule has 292 valence electrons. The number of rotatable bonds is 7. The van der Waals surface area contributed by atoms with Crippen LogP contribution in [-0.4, -0.2) is 87.4 Å². The van der Waals surface area contributed by atoms with Gasteiger partial charge < -0.3 is 15.1 Å². The van der Waals surface area contributed by atoms with Crippen molar-refractivity contribution in [2.45, 2.75) is 82.1 Å². The third-order valence-electron chi connectivity index (χ3n) is 12.5. The molecule has 2 N–H and O–H groups in total. The topological polar surface area (TPSA) is 161 Å². The summed E-state index contributed by atoms with van der Waals surface area (Å²) in [7, 11) is 0. The predicted molar refractivity (Wildman–Crippen MR) is 195 cm³/mol. The van der Waals surface area contributed by atoms with Crippen molar-refractivity contribution in [1.29, 1.82) is 5.26 Å². The standard InChI is InChI=1S/C40H41F3N8O5/c1-39(2,38(56)46-27-4-3-23(17-44)32(15-27)40(41,42)43)50-21-26(18-45-50)22-9-11-48(12-10-22)29-13-24-19-49(20-25(24)14-29)28-5-6-30-31(16-28)37(55)51(36(30)54)33-7-8-34(52)47-35(33)53/h3-6,15-16,18,21-22,24-25,29,33H,7-14,19-20H2,1-2H3,(H,46,56)(H,47,52,53). The molecule has 3 aromatic rings. The molecule has 1 saturated carbocycles. The first-order valence-electron chi connectivity index (χ1n) is 18.9. The van der Waals surface area contributed by atoms with Gasteiger partial charge in [0.05, 0.1) is 34.5 Å². The normalized spacial score (nSPS) is 24.6. The molecule has 2 aromatic carbocycles. The van der Waals surface area contributed by atoms with E-state index in [0.29, 0.717) is 23.4 Å². The van der Waals surface area contributed by atoms with Crippen LogP contribution in [0.15, 0.2) is 48.8 Å². The number of likely N-dealkylation sites (tertiary alicyclic amines) is 1. The van der Waals surface area contributed by atoms with Crippen molar-refractivity contribution in [3.8, 4) is 6.07 Å². The summed E-state index contributed by atoms with van der Waals surface area (Å²) in [5.41, 5.74) is -0.432. The molecule has 5 aliphatic rings. The Hall–Kier alpha value is -5.56. The molecule has 16 heteroatoms. The van der Waals surface area contributed by atoms with Crippen molar-refractivity contribution in [3.63, 3.8) is 0 Å². The zero-order valence-corrected chi connectivity index (χ0v) is 30.9. The molecule has 5 heterocycles.